The number of benzene rings is 1. The van der Waals surface area contributed by atoms with Crippen molar-refractivity contribution in [3.8, 4) is 0 Å². The summed E-state index contributed by atoms with van der Waals surface area (Å²) in [5, 5.41) is 3.08. The van der Waals surface area contributed by atoms with Crippen LogP contribution >= 0.6 is 0 Å². The molecule has 1 heterocycles. The second-order valence-corrected chi connectivity index (χ2v) is 7.19. The van der Waals surface area contributed by atoms with Gasteiger partial charge in [-0.3, -0.25) is 9.69 Å². The zero-order valence-corrected chi connectivity index (χ0v) is 14.0. The Kier molecular flexibility index (Phi) is 5.78. The Labute approximate surface area is 134 Å². The van der Waals surface area contributed by atoms with Crippen LogP contribution in [0.5, 0.6) is 0 Å². The Balaban J connectivity index is 1.70. The van der Waals surface area contributed by atoms with Crippen LogP contribution in [0.25, 0.3) is 6.08 Å². The smallest absolute Gasteiger partial charge is 0.225 e. The summed E-state index contributed by atoms with van der Waals surface area (Å²) in [7, 11) is 0. The highest BCUT2D eigenvalue weighted by atomic mass is 16.2. The number of carbonyl (C=O) groups is 1. The van der Waals surface area contributed by atoms with Crippen molar-refractivity contribution >= 4 is 12.0 Å². The molecule has 22 heavy (non-hydrogen) atoms. The molecule has 1 N–H and O–H groups in total. The molecule has 3 nitrogen and oxygen atoms in total. The number of nitrogens with one attached hydrogen (secondary N) is 1. The van der Waals surface area contributed by atoms with Gasteiger partial charge in [-0.25, -0.2) is 0 Å². The topological polar surface area (TPSA) is 32.3 Å². The third kappa shape index (κ3) is 5.30. The highest BCUT2D eigenvalue weighted by Crippen LogP contribution is 2.17. The Bertz CT molecular complexity index is 502. The van der Waals surface area contributed by atoms with Gasteiger partial charge in [0.05, 0.1) is 0 Å². The predicted octanol–water partition coefficient (Wildman–Crippen LogP) is 3.18. The van der Waals surface area contributed by atoms with Gasteiger partial charge in [0.25, 0.3) is 0 Å². The van der Waals surface area contributed by atoms with Gasteiger partial charge >= 0.3 is 0 Å². The Morgan fingerprint density at radius 3 is 2.73 bits per heavy atom. The maximum absolute atomic E-state index is 11.9. The van der Waals surface area contributed by atoms with Crippen molar-refractivity contribution in [2.45, 2.75) is 27.2 Å². The molecule has 1 fully saturated rings. The van der Waals surface area contributed by atoms with E-state index in [0.29, 0.717) is 5.92 Å². The second-order valence-electron chi connectivity index (χ2n) is 7.19. The summed E-state index contributed by atoms with van der Waals surface area (Å²) in [6.07, 6.45) is 5.57. The van der Waals surface area contributed by atoms with Gasteiger partial charge in [-0.2, -0.15) is 0 Å². The first-order valence-corrected chi connectivity index (χ1v) is 8.17. The molecule has 1 aromatic rings. The van der Waals surface area contributed by atoms with E-state index in [1.807, 2.05) is 26.8 Å². The van der Waals surface area contributed by atoms with E-state index in [2.05, 4.69) is 46.6 Å². The zero-order chi connectivity index (χ0) is 16.0. The van der Waals surface area contributed by atoms with Gasteiger partial charge in [-0.05, 0) is 24.4 Å². The van der Waals surface area contributed by atoms with E-state index in [4.69, 9.17) is 0 Å². The molecule has 0 saturated carbocycles. The van der Waals surface area contributed by atoms with Crippen molar-refractivity contribution in [3.63, 3.8) is 0 Å². The lowest BCUT2D eigenvalue weighted by Gasteiger charge is -2.20. The van der Waals surface area contributed by atoms with Gasteiger partial charge in [-0.15, -0.1) is 0 Å². The molecule has 0 bridgehead atoms. The van der Waals surface area contributed by atoms with Crippen molar-refractivity contribution in [2.24, 2.45) is 11.3 Å². The van der Waals surface area contributed by atoms with Gasteiger partial charge in [0.1, 0.15) is 0 Å². The molecule has 3 heteroatoms. The quantitative estimate of drug-likeness (QED) is 0.906. The lowest BCUT2D eigenvalue weighted by atomic mass is 9.95. The molecule has 1 aliphatic heterocycles. The summed E-state index contributed by atoms with van der Waals surface area (Å²) in [4.78, 5) is 14.3. The third-order valence-electron chi connectivity index (χ3n) is 4.08. The van der Waals surface area contributed by atoms with Crippen molar-refractivity contribution in [1.29, 1.82) is 0 Å². The van der Waals surface area contributed by atoms with Crippen LogP contribution in [0.1, 0.15) is 32.8 Å². The van der Waals surface area contributed by atoms with Crippen molar-refractivity contribution in [1.82, 2.24) is 10.2 Å². The minimum atomic E-state index is -0.295. The first kappa shape index (κ1) is 16.8. The number of hydrogen-bond acceptors (Lipinski definition) is 2. The SMILES string of the molecule is CC(C)(C)C(=O)NC[C@@H]1CCN(C/C=C/c2ccccc2)C1. The molecule has 0 spiro atoms. The Hall–Kier alpha value is -1.61. The Morgan fingerprint density at radius 2 is 2.05 bits per heavy atom. The van der Waals surface area contributed by atoms with Gasteiger partial charge < -0.3 is 5.32 Å². The standard InChI is InChI=1S/C19H28N2O/c1-19(2,3)18(22)20-14-17-11-13-21(15-17)12-7-10-16-8-5-4-6-9-16/h4-10,17H,11-15H2,1-3H3,(H,20,22)/b10-7+/t17-/m0/s1. The number of rotatable bonds is 5. The van der Waals surface area contributed by atoms with Crippen LogP contribution in [0, 0.1) is 11.3 Å². The molecule has 2 rings (SSSR count). The first-order chi connectivity index (χ1) is 10.4. The lowest BCUT2D eigenvalue weighted by Crippen LogP contribution is -2.38. The van der Waals surface area contributed by atoms with Crippen LogP contribution in [0.3, 0.4) is 0 Å². The summed E-state index contributed by atoms with van der Waals surface area (Å²) >= 11 is 0. The van der Waals surface area contributed by atoms with Crippen molar-refractivity contribution < 1.29 is 4.79 Å². The predicted molar refractivity (Wildman–Crippen MR) is 92.5 cm³/mol. The fourth-order valence-electron chi connectivity index (χ4n) is 2.65. The first-order valence-electron chi connectivity index (χ1n) is 8.17. The number of hydrogen-bond donors (Lipinski definition) is 1. The van der Waals surface area contributed by atoms with E-state index in [1.54, 1.807) is 0 Å². The van der Waals surface area contributed by atoms with E-state index >= 15 is 0 Å². The minimum Gasteiger partial charge on any atom is -0.355 e. The van der Waals surface area contributed by atoms with Crippen LogP contribution in [0.2, 0.25) is 0 Å². The summed E-state index contributed by atoms with van der Waals surface area (Å²) in [5.41, 5.74) is 0.951. The Morgan fingerprint density at radius 1 is 1.32 bits per heavy atom. The molecule has 1 saturated heterocycles. The summed E-state index contributed by atoms with van der Waals surface area (Å²) in [6, 6.07) is 10.4. The van der Waals surface area contributed by atoms with E-state index in [0.717, 1.165) is 26.2 Å². The van der Waals surface area contributed by atoms with Gasteiger partial charge in [0, 0.05) is 25.0 Å². The number of likely N-dealkylation sites (tertiary alicyclic amines) is 1. The molecule has 1 aromatic carbocycles. The fraction of sp³-hybridized carbons (Fsp3) is 0.526. The number of carbonyl (C=O) groups excluding carboxylic acids is 1. The van der Waals surface area contributed by atoms with Gasteiger partial charge in [0.2, 0.25) is 5.91 Å². The minimum absolute atomic E-state index is 0.148. The van der Waals surface area contributed by atoms with Crippen LogP contribution in [-0.4, -0.2) is 37.0 Å². The van der Waals surface area contributed by atoms with Gasteiger partial charge in [0.15, 0.2) is 0 Å². The normalized spacial score (nSPS) is 19.7. The number of nitrogens with zero attached hydrogens (tertiary/aromatic N) is 1. The molecule has 0 aromatic heterocycles. The van der Waals surface area contributed by atoms with Crippen molar-refractivity contribution in [2.75, 3.05) is 26.2 Å². The third-order valence-corrected chi connectivity index (χ3v) is 4.08. The molecular weight excluding hydrogens is 272 g/mol. The monoisotopic (exact) mass is 300 g/mol. The van der Waals surface area contributed by atoms with E-state index in [1.165, 1.54) is 12.0 Å². The molecule has 0 radical (unpaired) electrons. The van der Waals surface area contributed by atoms with Crippen LogP contribution in [0.15, 0.2) is 36.4 Å². The molecule has 120 valence electrons. The highest BCUT2D eigenvalue weighted by molar-refractivity contribution is 5.81. The zero-order valence-electron chi connectivity index (χ0n) is 14.0. The molecule has 1 amide bonds. The molecule has 0 unspecified atom stereocenters. The summed E-state index contributed by atoms with van der Waals surface area (Å²) in [5.74, 6) is 0.728. The average Bonchev–Trinajstić information content (AvgIpc) is 2.93. The van der Waals surface area contributed by atoms with Crippen LogP contribution < -0.4 is 5.32 Å². The summed E-state index contributed by atoms with van der Waals surface area (Å²) in [6.45, 7) is 9.85. The highest BCUT2D eigenvalue weighted by Gasteiger charge is 2.25. The average molecular weight is 300 g/mol. The molecular formula is C19H28N2O. The molecule has 1 aliphatic rings. The fourth-order valence-corrected chi connectivity index (χ4v) is 2.65. The van der Waals surface area contributed by atoms with E-state index < -0.39 is 0 Å². The number of amides is 1. The van der Waals surface area contributed by atoms with E-state index in [9.17, 15) is 4.79 Å². The van der Waals surface area contributed by atoms with Crippen molar-refractivity contribution in [3.05, 3.63) is 42.0 Å². The van der Waals surface area contributed by atoms with Gasteiger partial charge in [-0.1, -0.05) is 63.3 Å². The van der Waals surface area contributed by atoms with E-state index in [-0.39, 0.29) is 11.3 Å². The maximum Gasteiger partial charge on any atom is 0.225 e. The second kappa shape index (κ2) is 7.59. The van der Waals surface area contributed by atoms with Crippen LogP contribution in [-0.2, 0) is 4.79 Å². The summed E-state index contributed by atoms with van der Waals surface area (Å²) < 4.78 is 0. The molecule has 1 atom stereocenters. The largest absolute Gasteiger partial charge is 0.355 e. The van der Waals surface area contributed by atoms with Crippen LogP contribution in [0.4, 0.5) is 0 Å². The lowest BCUT2D eigenvalue weighted by molar-refractivity contribution is -0.128. The maximum atomic E-state index is 11.9. The molecule has 0 aliphatic carbocycles.